The van der Waals surface area contributed by atoms with Crippen molar-refractivity contribution in [3.05, 3.63) is 29.3 Å². The highest BCUT2D eigenvalue weighted by atomic mass is 16.5. The molecule has 1 aromatic rings. The molecule has 5 heteroatoms. The highest BCUT2D eigenvalue weighted by Gasteiger charge is 2.30. The van der Waals surface area contributed by atoms with Gasteiger partial charge in [-0.2, -0.15) is 0 Å². The van der Waals surface area contributed by atoms with Crippen LogP contribution >= 0.6 is 0 Å². The summed E-state index contributed by atoms with van der Waals surface area (Å²) in [6, 6.07) is 7.06. The van der Waals surface area contributed by atoms with Crippen molar-refractivity contribution in [1.82, 2.24) is 15.1 Å². The molecule has 1 heterocycles. The van der Waals surface area contributed by atoms with Crippen molar-refractivity contribution in [3.63, 3.8) is 0 Å². The van der Waals surface area contributed by atoms with Crippen LogP contribution < -0.4 is 10.1 Å². The number of nitrogens with one attached hydrogen (secondary N) is 1. The average molecular weight is 331 g/mol. The Hall–Kier alpha value is -1.59. The van der Waals surface area contributed by atoms with Gasteiger partial charge in [-0.25, -0.2) is 0 Å². The topological polar surface area (TPSA) is 44.8 Å². The fraction of sp³-hybridized carbons (Fsp3) is 0.632. The van der Waals surface area contributed by atoms with Crippen LogP contribution in [0.2, 0.25) is 0 Å². The second-order valence-corrected chi connectivity index (χ2v) is 6.61. The predicted octanol–water partition coefficient (Wildman–Crippen LogP) is 1.83. The van der Waals surface area contributed by atoms with E-state index in [2.05, 4.69) is 33.3 Å². The van der Waals surface area contributed by atoms with Crippen LogP contribution in [0.15, 0.2) is 18.2 Å². The van der Waals surface area contributed by atoms with Crippen molar-refractivity contribution in [2.45, 2.75) is 32.7 Å². The van der Waals surface area contributed by atoms with Crippen molar-refractivity contribution in [2.75, 3.05) is 45.9 Å². The number of likely N-dealkylation sites (N-methyl/N-ethyl adjacent to an activating group) is 1. The lowest BCUT2D eigenvalue weighted by molar-refractivity contribution is -0.122. The molecule has 1 fully saturated rings. The third kappa shape index (κ3) is 3.90. The van der Waals surface area contributed by atoms with E-state index in [1.54, 1.807) is 0 Å². The van der Waals surface area contributed by atoms with Gasteiger partial charge in [0.25, 0.3) is 0 Å². The SMILES string of the molecule is CCNC(=O)CN1CCN(C2CCc3ccc(OCC)cc32)CC1. The van der Waals surface area contributed by atoms with Crippen LogP contribution in [0.5, 0.6) is 5.75 Å². The Bertz CT molecular complexity index is 568. The summed E-state index contributed by atoms with van der Waals surface area (Å²) in [5, 5.41) is 2.88. The number of hydrogen-bond acceptors (Lipinski definition) is 4. The highest BCUT2D eigenvalue weighted by Crippen LogP contribution is 2.38. The zero-order chi connectivity index (χ0) is 16.9. The van der Waals surface area contributed by atoms with Crippen LogP contribution in [0.1, 0.15) is 37.4 Å². The van der Waals surface area contributed by atoms with Crippen molar-refractivity contribution >= 4 is 5.91 Å². The molecule has 1 N–H and O–H groups in total. The van der Waals surface area contributed by atoms with Gasteiger partial charge in [-0.05, 0) is 49.9 Å². The summed E-state index contributed by atoms with van der Waals surface area (Å²) in [7, 11) is 0. The Morgan fingerprint density at radius 2 is 2.04 bits per heavy atom. The van der Waals surface area contributed by atoms with Crippen molar-refractivity contribution in [3.8, 4) is 5.75 Å². The lowest BCUT2D eigenvalue weighted by Crippen LogP contribution is -2.50. The summed E-state index contributed by atoms with van der Waals surface area (Å²) in [6.07, 6.45) is 2.35. The number of carbonyl (C=O) groups excluding carboxylic acids is 1. The first kappa shape index (κ1) is 17.2. The van der Waals surface area contributed by atoms with E-state index in [1.165, 1.54) is 17.5 Å². The number of carbonyl (C=O) groups is 1. The van der Waals surface area contributed by atoms with Gasteiger partial charge in [0, 0.05) is 38.8 Å². The van der Waals surface area contributed by atoms with E-state index in [1.807, 2.05) is 13.8 Å². The van der Waals surface area contributed by atoms with Crippen molar-refractivity contribution < 1.29 is 9.53 Å². The van der Waals surface area contributed by atoms with E-state index in [0.29, 0.717) is 25.7 Å². The number of piperazine rings is 1. The van der Waals surface area contributed by atoms with E-state index >= 15 is 0 Å². The van der Waals surface area contributed by atoms with Gasteiger partial charge in [-0.3, -0.25) is 14.6 Å². The van der Waals surface area contributed by atoms with E-state index < -0.39 is 0 Å². The molecular weight excluding hydrogens is 302 g/mol. The highest BCUT2D eigenvalue weighted by molar-refractivity contribution is 5.77. The minimum atomic E-state index is 0.138. The van der Waals surface area contributed by atoms with Gasteiger partial charge >= 0.3 is 0 Å². The minimum absolute atomic E-state index is 0.138. The maximum Gasteiger partial charge on any atom is 0.234 e. The Labute approximate surface area is 145 Å². The van der Waals surface area contributed by atoms with Crippen molar-refractivity contribution in [1.29, 1.82) is 0 Å². The Morgan fingerprint density at radius 3 is 2.75 bits per heavy atom. The second kappa shape index (κ2) is 7.99. The Balaban J connectivity index is 1.58. The van der Waals surface area contributed by atoms with Gasteiger partial charge in [0.2, 0.25) is 5.91 Å². The maximum atomic E-state index is 11.7. The molecule has 1 aliphatic carbocycles. The third-order valence-electron chi connectivity index (χ3n) is 5.06. The van der Waals surface area contributed by atoms with Crippen LogP contribution in [0, 0.1) is 0 Å². The Kier molecular flexibility index (Phi) is 5.74. The molecule has 24 heavy (non-hydrogen) atoms. The van der Waals surface area contributed by atoms with Crippen LogP contribution in [0.4, 0.5) is 0 Å². The molecule has 0 saturated carbocycles. The number of benzene rings is 1. The molecule has 1 atom stereocenters. The van der Waals surface area contributed by atoms with E-state index in [0.717, 1.165) is 38.3 Å². The molecule has 1 aliphatic heterocycles. The van der Waals surface area contributed by atoms with Gasteiger partial charge in [0.15, 0.2) is 0 Å². The minimum Gasteiger partial charge on any atom is -0.494 e. The summed E-state index contributed by atoms with van der Waals surface area (Å²) >= 11 is 0. The summed E-state index contributed by atoms with van der Waals surface area (Å²) < 4.78 is 5.68. The Morgan fingerprint density at radius 1 is 1.25 bits per heavy atom. The predicted molar refractivity (Wildman–Crippen MR) is 95.4 cm³/mol. The van der Waals surface area contributed by atoms with E-state index in [4.69, 9.17) is 4.74 Å². The van der Waals surface area contributed by atoms with Gasteiger partial charge < -0.3 is 10.1 Å². The zero-order valence-corrected chi connectivity index (χ0v) is 14.9. The molecule has 5 nitrogen and oxygen atoms in total. The number of hydrogen-bond donors (Lipinski definition) is 1. The molecule has 1 unspecified atom stereocenters. The fourth-order valence-electron chi connectivity index (χ4n) is 3.88. The average Bonchev–Trinajstić information content (AvgIpc) is 2.99. The summed E-state index contributed by atoms with van der Waals surface area (Å²) in [5.41, 5.74) is 2.91. The smallest absolute Gasteiger partial charge is 0.234 e. The standard InChI is InChI=1S/C19H29N3O2/c1-3-20-19(23)14-21-9-11-22(12-10-21)18-8-6-15-5-7-16(24-4-2)13-17(15)18/h5,7,13,18H,3-4,6,8-12,14H2,1-2H3,(H,20,23). The molecular formula is C19H29N3O2. The van der Waals surface area contributed by atoms with Gasteiger partial charge in [0.1, 0.15) is 5.75 Å². The molecule has 1 aromatic carbocycles. The number of amides is 1. The van der Waals surface area contributed by atoms with E-state index in [-0.39, 0.29) is 5.91 Å². The molecule has 1 saturated heterocycles. The molecule has 0 bridgehead atoms. The summed E-state index contributed by atoms with van der Waals surface area (Å²) in [4.78, 5) is 16.6. The number of ether oxygens (including phenoxy) is 1. The lowest BCUT2D eigenvalue weighted by atomic mass is 10.1. The quantitative estimate of drug-likeness (QED) is 0.864. The molecule has 0 spiro atoms. The molecule has 0 aromatic heterocycles. The van der Waals surface area contributed by atoms with Crippen LogP contribution in [-0.4, -0.2) is 61.6 Å². The van der Waals surface area contributed by atoms with E-state index in [9.17, 15) is 4.79 Å². The molecule has 1 amide bonds. The zero-order valence-electron chi connectivity index (χ0n) is 14.9. The second-order valence-electron chi connectivity index (χ2n) is 6.61. The van der Waals surface area contributed by atoms with Gasteiger partial charge in [-0.1, -0.05) is 6.07 Å². The van der Waals surface area contributed by atoms with Gasteiger partial charge in [0.05, 0.1) is 13.2 Å². The largest absolute Gasteiger partial charge is 0.494 e. The number of rotatable bonds is 6. The van der Waals surface area contributed by atoms with Gasteiger partial charge in [-0.15, -0.1) is 0 Å². The van der Waals surface area contributed by atoms with Crippen LogP contribution in [0.25, 0.3) is 0 Å². The number of nitrogens with zero attached hydrogens (tertiary/aromatic N) is 2. The first-order chi connectivity index (χ1) is 11.7. The molecule has 2 aliphatic rings. The maximum absolute atomic E-state index is 11.7. The third-order valence-corrected chi connectivity index (χ3v) is 5.06. The monoisotopic (exact) mass is 331 g/mol. The summed E-state index contributed by atoms with van der Waals surface area (Å²) in [6.45, 7) is 9.93. The number of aryl methyl sites for hydroxylation is 1. The van der Waals surface area contributed by atoms with Crippen molar-refractivity contribution in [2.24, 2.45) is 0 Å². The van der Waals surface area contributed by atoms with Crippen LogP contribution in [-0.2, 0) is 11.2 Å². The normalized spacial score (nSPS) is 21.5. The first-order valence-electron chi connectivity index (χ1n) is 9.20. The number of fused-ring (bicyclic) bond motifs is 1. The van der Waals surface area contributed by atoms with Crippen LogP contribution in [0.3, 0.4) is 0 Å². The summed E-state index contributed by atoms with van der Waals surface area (Å²) in [5.74, 6) is 1.12. The molecule has 0 radical (unpaired) electrons. The molecule has 132 valence electrons. The lowest BCUT2D eigenvalue weighted by Gasteiger charge is -2.38. The first-order valence-corrected chi connectivity index (χ1v) is 9.20. The molecule has 3 rings (SSSR count). The fourth-order valence-corrected chi connectivity index (χ4v) is 3.88.